The minimum atomic E-state index is -2.54. The largest absolute Gasteiger partial charge is 0.317 e. The minimum Gasteiger partial charge on any atom is -0.317 e. The van der Waals surface area contributed by atoms with Crippen LogP contribution in [-0.2, 0) is 20.1 Å². The van der Waals surface area contributed by atoms with Crippen LogP contribution in [0.3, 0.4) is 0 Å². The zero-order valence-corrected chi connectivity index (χ0v) is 19.8. The number of nitrogens with zero attached hydrogens (tertiary/aromatic N) is 5. The van der Waals surface area contributed by atoms with Gasteiger partial charge in [0, 0.05) is 34.5 Å². The lowest BCUT2D eigenvalue weighted by molar-refractivity contribution is 0.0996. The number of nitrogens with one attached hydrogen (secondary N) is 1. The molecule has 0 radical (unpaired) electrons. The van der Waals surface area contributed by atoms with Gasteiger partial charge in [0.05, 0.1) is 6.54 Å². The van der Waals surface area contributed by atoms with Crippen LogP contribution in [0, 0.1) is 18.7 Å². The van der Waals surface area contributed by atoms with Gasteiger partial charge in [-0.15, -0.1) is 10.2 Å². The van der Waals surface area contributed by atoms with E-state index in [1.54, 1.807) is 17.0 Å². The number of carbonyl (C=O) groups excluding carboxylic acids is 1. The first-order chi connectivity index (χ1) is 18.7. The Balaban J connectivity index is 1.32. The second-order valence-electron chi connectivity index (χ2n) is 9.53. The number of hydrogen-bond acceptors (Lipinski definition) is 5. The van der Waals surface area contributed by atoms with Crippen LogP contribution in [-0.4, -0.2) is 32.2 Å². The van der Waals surface area contributed by atoms with E-state index in [1.807, 2.05) is 31.2 Å². The molecule has 2 aliphatic rings. The van der Waals surface area contributed by atoms with Gasteiger partial charge in [0.2, 0.25) is 0 Å². The van der Waals surface area contributed by atoms with Gasteiger partial charge in [0.1, 0.15) is 18.0 Å². The molecule has 3 heterocycles. The molecule has 1 saturated carbocycles. The molecule has 1 aliphatic heterocycles. The summed E-state index contributed by atoms with van der Waals surface area (Å²) in [5.41, 5.74) is 4.76. The third kappa shape index (κ3) is 4.28. The van der Waals surface area contributed by atoms with Crippen LogP contribution < -0.4 is 10.2 Å². The summed E-state index contributed by atoms with van der Waals surface area (Å²) in [5, 5.41) is 11.2. The van der Waals surface area contributed by atoms with E-state index in [9.17, 15) is 9.18 Å². The molecule has 1 fully saturated rings. The zero-order valence-electron chi connectivity index (χ0n) is 22.8. The molecule has 0 bridgehead atoms. The number of halogens is 1. The molecule has 0 saturated heterocycles. The molecule has 1 N–H and O–H groups in total. The van der Waals surface area contributed by atoms with Gasteiger partial charge in [-0.1, -0.05) is 18.2 Å². The third-order valence-corrected chi connectivity index (χ3v) is 6.73. The van der Waals surface area contributed by atoms with Gasteiger partial charge in [0.25, 0.3) is 5.91 Å². The Labute approximate surface area is 213 Å². The number of aromatic nitrogens is 4. The maximum absolute atomic E-state index is 14.3. The molecule has 1 amide bonds. The summed E-state index contributed by atoms with van der Waals surface area (Å²) >= 11 is 0. The highest BCUT2D eigenvalue weighted by atomic mass is 19.1. The monoisotopic (exact) mass is 485 g/mol. The molecule has 2 aromatic heterocycles. The lowest BCUT2D eigenvalue weighted by Gasteiger charge is -2.17. The summed E-state index contributed by atoms with van der Waals surface area (Å²) < 4.78 is 38.6. The van der Waals surface area contributed by atoms with Crippen molar-refractivity contribution < 1.29 is 13.3 Å². The second kappa shape index (κ2) is 8.95. The maximum Gasteiger partial charge on any atom is 0.260 e. The number of benzene rings is 2. The predicted octanol–water partition coefficient (Wildman–Crippen LogP) is 4.65. The molecule has 0 unspecified atom stereocenters. The first-order valence-electron chi connectivity index (χ1n) is 13.5. The minimum absolute atomic E-state index is 0.0183. The van der Waals surface area contributed by atoms with Gasteiger partial charge in [-0.2, -0.15) is 0 Å². The van der Waals surface area contributed by atoms with Crippen LogP contribution in [0.15, 0.2) is 54.9 Å². The number of anilines is 1. The summed E-state index contributed by atoms with van der Waals surface area (Å²) in [6, 6.07) is 13.6. The lowest BCUT2D eigenvalue weighted by atomic mass is 9.96. The van der Waals surface area contributed by atoms with E-state index in [1.165, 1.54) is 25.0 Å². The molecule has 0 atom stereocenters. The van der Waals surface area contributed by atoms with Crippen molar-refractivity contribution in [1.82, 2.24) is 25.1 Å². The van der Waals surface area contributed by atoms with Gasteiger partial charge in [-0.25, -0.2) is 9.37 Å². The Hall–Kier alpha value is -3.91. The molecule has 8 heteroatoms. The normalized spacial score (nSPS) is 16.6. The summed E-state index contributed by atoms with van der Waals surface area (Å²) in [6.45, 7) is 1.50. The Morgan fingerprint density at radius 2 is 2.00 bits per heavy atom. The van der Waals surface area contributed by atoms with Crippen LogP contribution in [0.2, 0.25) is 0 Å². The Kier molecular flexibility index (Phi) is 4.80. The SMILES string of the molecule is [2H]C([2H])([2H])n1cnnc1-c1cc(F)ccc1-c1ccc2c(c1)C(=O)N(c1cc(CNCC3CC3)cc(C)n1)C2. The number of amides is 1. The van der Waals surface area contributed by atoms with Gasteiger partial charge in [-0.05, 0) is 84.8 Å². The number of fused-ring (bicyclic) bond motifs is 1. The van der Waals surface area contributed by atoms with Crippen molar-refractivity contribution in [2.75, 3.05) is 11.4 Å². The zero-order chi connectivity index (χ0) is 27.3. The van der Waals surface area contributed by atoms with Gasteiger partial charge < -0.3 is 9.88 Å². The smallest absolute Gasteiger partial charge is 0.260 e. The highest BCUT2D eigenvalue weighted by molar-refractivity contribution is 6.10. The molecule has 36 heavy (non-hydrogen) atoms. The molecule has 2 aromatic carbocycles. The van der Waals surface area contributed by atoms with Gasteiger partial charge in [0.15, 0.2) is 5.82 Å². The van der Waals surface area contributed by atoms with E-state index >= 15 is 0 Å². The van der Waals surface area contributed by atoms with Crippen molar-refractivity contribution in [2.45, 2.75) is 32.9 Å². The summed E-state index contributed by atoms with van der Waals surface area (Å²) in [4.78, 5) is 19.9. The van der Waals surface area contributed by atoms with Crippen LogP contribution in [0.25, 0.3) is 22.5 Å². The van der Waals surface area contributed by atoms with Crippen molar-refractivity contribution >= 4 is 11.7 Å². The highest BCUT2D eigenvalue weighted by Crippen LogP contribution is 2.36. The van der Waals surface area contributed by atoms with E-state index in [2.05, 4.69) is 20.5 Å². The number of aryl methyl sites for hydroxylation is 2. The van der Waals surface area contributed by atoms with Crippen molar-refractivity contribution in [3.8, 4) is 22.5 Å². The quantitative estimate of drug-likeness (QED) is 0.412. The lowest BCUT2D eigenvalue weighted by Crippen LogP contribution is -2.25. The van der Waals surface area contributed by atoms with Crippen LogP contribution >= 0.6 is 0 Å². The third-order valence-electron chi connectivity index (χ3n) is 6.73. The van der Waals surface area contributed by atoms with Crippen molar-refractivity contribution in [2.24, 2.45) is 12.9 Å². The first-order valence-corrected chi connectivity index (χ1v) is 12.0. The standard InChI is InChI=1S/C28H27FN6O/c1-17-9-19(14-30-13-18-3-4-18)10-26(32-17)35-15-21-6-5-20(11-24(21)28(35)36)23-8-7-22(29)12-25(23)27-33-31-16-34(27)2/h5-12,16,18,30H,3-4,13-15H2,1-2H3/i2D3. The molecular weight excluding hydrogens is 455 g/mol. The van der Waals surface area contributed by atoms with Crippen molar-refractivity contribution in [3.63, 3.8) is 0 Å². The topological polar surface area (TPSA) is 75.9 Å². The molecular formula is C28H27FN6O. The van der Waals surface area contributed by atoms with Crippen LogP contribution in [0.1, 0.15) is 44.1 Å². The number of rotatable bonds is 7. The second-order valence-corrected chi connectivity index (χ2v) is 9.53. The number of carbonyl (C=O) groups is 1. The number of pyridine rings is 1. The van der Waals surface area contributed by atoms with E-state index in [-0.39, 0.29) is 17.3 Å². The fourth-order valence-corrected chi connectivity index (χ4v) is 4.73. The molecule has 1 aliphatic carbocycles. The molecule has 4 aromatic rings. The fourth-order valence-electron chi connectivity index (χ4n) is 4.73. The number of hydrogen-bond donors (Lipinski definition) is 1. The van der Waals surface area contributed by atoms with Gasteiger partial charge >= 0.3 is 0 Å². The van der Waals surface area contributed by atoms with E-state index in [0.717, 1.165) is 46.7 Å². The van der Waals surface area contributed by atoms with Gasteiger partial charge in [-0.3, -0.25) is 9.69 Å². The van der Waals surface area contributed by atoms with Crippen LogP contribution in [0.4, 0.5) is 10.2 Å². The van der Waals surface area contributed by atoms with Crippen LogP contribution in [0.5, 0.6) is 0 Å². The maximum atomic E-state index is 14.3. The molecule has 182 valence electrons. The summed E-state index contributed by atoms with van der Waals surface area (Å²) in [6.07, 6.45) is 3.68. The molecule has 0 spiro atoms. The predicted molar refractivity (Wildman–Crippen MR) is 136 cm³/mol. The van der Waals surface area contributed by atoms with Crippen molar-refractivity contribution in [3.05, 3.63) is 83.1 Å². The average Bonchev–Trinajstić information content (AvgIpc) is 3.45. The summed E-state index contributed by atoms with van der Waals surface area (Å²) in [5.74, 6) is 0.697. The fraction of sp³-hybridized carbons (Fsp3) is 0.286. The average molecular weight is 486 g/mol. The van der Waals surface area contributed by atoms with E-state index in [0.29, 0.717) is 29.1 Å². The molecule has 6 rings (SSSR count). The van der Waals surface area contributed by atoms with Crippen molar-refractivity contribution in [1.29, 1.82) is 0 Å². The van der Waals surface area contributed by atoms with E-state index < -0.39 is 12.8 Å². The Morgan fingerprint density at radius 1 is 1.11 bits per heavy atom. The Morgan fingerprint density at radius 3 is 2.83 bits per heavy atom. The summed E-state index contributed by atoms with van der Waals surface area (Å²) in [7, 11) is 0. The van der Waals surface area contributed by atoms with E-state index in [4.69, 9.17) is 4.11 Å². The first kappa shape index (κ1) is 19.3. The Bertz CT molecular complexity index is 1580. The highest BCUT2D eigenvalue weighted by Gasteiger charge is 2.30. The molecule has 7 nitrogen and oxygen atoms in total.